The van der Waals surface area contributed by atoms with Crippen LogP contribution < -0.4 is 16.4 Å². The minimum Gasteiger partial charge on any atom is -0.428 e. The topological polar surface area (TPSA) is 175 Å². The normalized spacial score (nSPS) is 15.4. The van der Waals surface area contributed by atoms with Crippen molar-refractivity contribution < 1.29 is 55.4 Å². The molecule has 1 aromatic heterocycles. The fraction of sp³-hybridized carbons (Fsp3) is 0.421. The maximum Gasteiger partial charge on any atom is 0.491 e. The van der Waals surface area contributed by atoms with E-state index in [9.17, 15) is 45.9 Å². The van der Waals surface area contributed by atoms with E-state index in [0.29, 0.717) is 5.82 Å². The number of nitrogens with two attached hydrogens (primary N) is 1. The molecule has 0 spiro atoms. The third-order valence-corrected chi connectivity index (χ3v) is 8.91. The Morgan fingerprint density at radius 1 is 0.929 bits per heavy atom. The van der Waals surface area contributed by atoms with Gasteiger partial charge in [0.1, 0.15) is 17.5 Å². The molecule has 2 heterocycles. The van der Waals surface area contributed by atoms with E-state index < -0.39 is 83.4 Å². The van der Waals surface area contributed by atoms with Crippen LogP contribution in [0.3, 0.4) is 0 Å². The van der Waals surface area contributed by atoms with Gasteiger partial charge in [-0.2, -0.15) is 13.2 Å². The van der Waals surface area contributed by atoms with Crippen molar-refractivity contribution in [2.75, 3.05) is 32.8 Å². The van der Waals surface area contributed by atoms with Gasteiger partial charge in [0.2, 0.25) is 11.6 Å². The highest BCUT2D eigenvalue weighted by molar-refractivity contribution is 6.12. The number of carbonyl (C=O) groups excluding carboxylic acids is 5. The van der Waals surface area contributed by atoms with E-state index in [1.165, 1.54) is 0 Å². The SMILES string of the molecule is C[C@H](C(=O)NCC[C@](N)(OC(=O)C(F)(F)F)C(=O)NCCOCCN1C(=O)C=CC1=O)[C@@H](c1nc(-c2cc(F)ccc2F)cn1Cc1ccccc1)C(C)(C)C. The van der Waals surface area contributed by atoms with Crippen molar-refractivity contribution in [2.24, 2.45) is 17.1 Å². The van der Waals surface area contributed by atoms with Crippen molar-refractivity contribution in [3.8, 4) is 11.3 Å². The number of imidazole rings is 1. The molecule has 4 N–H and O–H groups in total. The minimum absolute atomic E-state index is 0.0849. The van der Waals surface area contributed by atoms with E-state index >= 15 is 0 Å². The summed E-state index contributed by atoms with van der Waals surface area (Å²) < 4.78 is 80.2. The number of halogens is 5. The number of hydrogen-bond donors (Lipinski definition) is 3. The summed E-state index contributed by atoms with van der Waals surface area (Å²) in [4.78, 5) is 67.5. The lowest BCUT2D eigenvalue weighted by molar-refractivity contribution is -0.214. The van der Waals surface area contributed by atoms with E-state index in [1.54, 1.807) is 17.7 Å². The van der Waals surface area contributed by atoms with Gasteiger partial charge in [-0.3, -0.25) is 29.8 Å². The summed E-state index contributed by atoms with van der Waals surface area (Å²) in [6.07, 6.45) is -2.53. The highest BCUT2D eigenvalue weighted by atomic mass is 19.4. The molecule has 0 unspecified atom stereocenters. The third-order valence-electron chi connectivity index (χ3n) is 8.91. The first-order valence-corrected chi connectivity index (χ1v) is 17.5. The number of rotatable bonds is 17. The molecule has 4 rings (SSSR count). The van der Waals surface area contributed by atoms with Gasteiger partial charge in [-0.15, -0.1) is 0 Å². The average Bonchev–Trinajstić information content (AvgIpc) is 3.67. The highest BCUT2D eigenvalue weighted by Crippen LogP contribution is 2.42. The maximum atomic E-state index is 14.9. The smallest absolute Gasteiger partial charge is 0.428 e. The molecule has 0 saturated heterocycles. The van der Waals surface area contributed by atoms with Crippen LogP contribution in [0.25, 0.3) is 11.3 Å². The molecule has 1 aliphatic rings. The summed E-state index contributed by atoms with van der Waals surface area (Å²) >= 11 is 0. The van der Waals surface area contributed by atoms with Crippen molar-refractivity contribution in [3.63, 3.8) is 0 Å². The lowest BCUT2D eigenvalue weighted by Gasteiger charge is -2.35. The van der Waals surface area contributed by atoms with Crippen molar-refractivity contribution >= 4 is 29.6 Å². The third kappa shape index (κ3) is 11.1. The quantitative estimate of drug-likeness (QED) is 0.0601. The Bertz CT molecular complexity index is 1930. The van der Waals surface area contributed by atoms with Gasteiger partial charge in [0, 0.05) is 61.8 Å². The Morgan fingerprint density at radius 2 is 1.59 bits per heavy atom. The van der Waals surface area contributed by atoms with E-state index in [0.717, 1.165) is 40.8 Å². The zero-order valence-electron chi connectivity index (χ0n) is 31.1. The number of alkyl halides is 3. The van der Waals surface area contributed by atoms with Crippen LogP contribution in [-0.4, -0.2) is 88.8 Å². The number of nitrogens with zero attached hydrogens (tertiary/aromatic N) is 3. The molecule has 3 atom stereocenters. The van der Waals surface area contributed by atoms with Gasteiger partial charge in [-0.25, -0.2) is 18.6 Å². The molecule has 1 aliphatic heterocycles. The van der Waals surface area contributed by atoms with E-state index in [2.05, 4.69) is 15.4 Å². The molecular weight excluding hydrogens is 747 g/mol. The molecule has 302 valence electrons. The van der Waals surface area contributed by atoms with Gasteiger partial charge in [-0.05, 0) is 29.2 Å². The Balaban J connectivity index is 1.48. The van der Waals surface area contributed by atoms with Crippen molar-refractivity contribution in [3.05, 3.63) is 89.9 Å². The number of esters is 1. The fourth-order valence-electron chi connectivity index (χ4n) is 6.18. The zero-order valence-corrected chi connectivity index (χ0v) is 31.1. The van der Waals surface area contributed by atoms with Crippen LogP contribution >= 0.6 is 0 Å². The molecule has 18 heteroatoms. The second kappa shape index (κ2) is 18.0. The van der Waals surface area contributed by atoms with Crippen molar-refractivity contribution in [1.82, 2.24) is 25.1 Å². The first kappa shape index (κ1) is 43.2. The first-order chi connectivity index (χ1) is 26.2. The minimum atomic E-state index is -5.50. The molecule has 13 nitrogen and oxygen atoms in total. The van der Waals surface area contributed by atoms with Crippen LogP contribution in [0.5, 0.6) is 0 Å². The number of amides is 4. The van der Waals surface area contributed by atoms with Gasteiger partial charge in [0.15, 0.2) is 0 Å². The Hall–Kier alpha value is -5.49. The number of aromatic nitrogens is 2. The summed E-state index contributed by atoms with van der Waals surface area (Å²) in [5.74, 6) is -8.34. The monoisotopic (exact) mass is 790 g/mol. The summed E-state index contributed by atoms with van der Waals surface area (Å²) in [5, 5.41) is 4.79. The number of imide groups is 1. The number of carbonyl (C=O) groups is 5. The Morgan fingerprint density at radius 3 is 2.21 bits per heavy atom. The largest absolute Gasteiger partial charge is 0.491 e. The lowest BCUT2D eigenvalue weighted by Crippen LogP contribution is -2.59. The zero-order chi connectivity index (χ0) is 41.4. The van der Waals surface area contributed by atoms with Gasteiger partial charge in [-0.1, -0.05) is 58.0 Å². The van der Waals surface area contributed by atoms with E-state index in [-0.39, 0.29) is 44.1 Å². The van der Waals surface area contributed by atoms with Gasteiger partial charge >= 0.3 is 12.1 Å². The summed E-state index contributed by atoms with van der Waals surface area (Å²) in [5.41, 5.74) is 3.26. The van der Waals surface area contributed by atoms with Crippen LogP contribution in [0, 0.1) is 23.0 Å². The molecular formula is C38H43F5N6O7. The van der Waals surface area contributed by atoms with Crippen LogP contribution in [0.4, 0.5) is 22.0 Å². The standard InChI is InChI=1S/C38H43F5N6O7/c1-23(31(36(2,3)4)32-47-28(26-20-25(39)10-11-27(26)40)22-48(32)21-24-8-6-5-7-9-24)33(52)45-15-14-37(44,56-35(54)38(41,42)43)34(53)46-16-18-55-19-17-49-29(50)12-13-30(49)51/h5-13,20,22-23,31H,14-19,21,44H2,1-4H3,(H,45,52)(H,46,53)/t23-,31-,37-/m0/s1. The van der Waals surface area contributed by atoms with Crippen molar-refractivity contribution in [1.29, 1.82) is 0 Å². The van der Waals surface area contributed by atoms with Gasteiger partial charge in [0.25, 0.3) is 17.7 Å². The molecule has 0 bridgehead atoms. The summed E-state index contributed by atoms with van der Waals surface area (Å²) in [7, 11) is 0. The maximum absolute atomic E-state index is 14.9. The molecule has 0 aliphatic carbocycles. The fourth-order valence-corrected chi connectivity index (χ4v) is 6.18. The van der Waals surface area contributed by atoms with Crippen molar-refractivity contribution in [2.45, 2.75) is 58.5 Å². The van der Waals surface area contributed by atoms with Gasteiger partial charge in [0.05, 0.1) is 25.5 Å². The van der Waals surface area contributed by atoms with E-state index in [4.69, 9.17) is 15.5 Å². The molecule has 2 aromatic carbocycles. The second-order valence-corrected chi connectivity index (χ2v) is 14.2. The van der Waals surface area contributed by atoms with E-state index in [1.807, 2.05) is 51.1 Å². The predicted octanol–water partition coefficient (Wildman–Crippen LogP) is 3.97. The molecule has 3 aromatic rings. The number of nitrogens with one attached hydrogen (secondary N) is 2. The molecule has 4 amide bonds. The highest BCUT2D eigenvalue weighted by Gasteiger charge is 2.48. The number of ether oxygens (including phenoxy) is 2. The van der Waals surface area contributed by atoms with Crippen LogP contribution in [0.1, 0.15) is 51.4 Å². The molecule has 0 saturated carbocycles. The Labute approximate surface area is 319 Å². The summed E-state index contributed by atoms with van der Waals surface area (Å²) in [6, 6.07) is 12.2. The first-order valence-electron chi connectivity index (χ1n) is 17.5. The van der Waals surface area contributed by atoms with Crippen LogP contribution in [-0.2, 0) is 40.0 Å². The van der Waals surface area contributed by atoms with Crippen LogP contribution in [0.15, 0.2) is 66.9 Å². The molecule has 56 heavy (non-hydrogen) atoms. The van der Waals surface area contributed by atoms with Gasteiger partial charge < -0.3 is 24.7 Å². The lowest BCUT2D eigenvalue weighted by atomic mass is 9.72. The molecule has 0 radical (unpaired) electrons. The number of hydrogen-bond acceptors (Lipinski definition) is 9. The molecule has 0 fully saturated rings. The average molecular weight is 791 g/mol. The summed E-state index contributed by atoms with van der Waals surface area (Å²) in [6.45, 7) is 6.17. The second-order valence-electron chi connectivity index (χ2n) is 14.2. The van der Waals surface area contributed by atoms with Crippen LogP contribution in [0.2, 0.25) is 0 Å². The Kier molecular flexibility index (Phi) is 13.9. The predicted molar refractivity (Wildman–Crippen MR) is 191 cm³/mol. The number of benzene rings is 2.